The van der Waals surface area contributed by atoms with Crippen LogP contribution in [-0.4, -0.2) is 36.9 Å². The number of aldehydes is 1. The lowest BCUT2D eigenvalue weighted by atomic mass is 10.3. The number of carbonyl (C=O) groups excluding carboxylic acids is 2. The number of carbonyl (C=O) groups is 2. The summed E-state index contributed by atoms with van der Waals surface area (Å²) in [7, 11) is 0. The fourth-order valence-electron chi connectivity index (χ4n) is 1.73. The van der Waals surface area contributed by atoms with Crippen molar-refractivity contribution in [3.05, 3.63) is 30.1 Å². The third-order valence-electron chi connectivity index (χ3n) is 2.51. The third-order valence-corrected chi connectivity index (χ3v) is 2.51. The molecule has 0 unspecified atom stereocenters. The molecule has 1 aliphatic heterocycles. The highest BCUT2D eigenvalue weighted by Crippen LogP contribution is 2.20. The SMILES string of the molecule is O=CCN1CCN(c2cccc(F)c2)C1=O. The first-order chi connectivity index (χ1) is 7.72. The zero-order valence-electron chi connectivity index (χ0n) is 8.60. The maximum absolute atomic E-state index is 13.0. The fraction of sp³-hybridized carbons (Fsp3) is 0.273. The van der Waals surface area contributed by atoms with E-state index in [1.54, 1.807) is 12.1 Å². The molecule has 2 amide bonds. The van der Waals surface area contributed by atoms with Crippen LogP contribution >= 0.6 is 0 Å². The smallest absolute Gasteiger partial charge is 0.316 e. The van der Waals surface area contributed by atoms with Crippen molar-refractivity contribution in [1.29, 1.82) is 0 Å². The van der Waals surface area contributed by atoms with Crippen molar-refractivity contribution in [2.75, 3.05) is 24.5 Å². The number of hydrogen-bond acceptors (Lipinski definition) is 2. The normalized spacial score (nSPS) is 15.7. The van der Waals surface area contributed by atoms with Crippen LogP contribution in [0.25, 0.3) is 0 Å². The quantitative estimate of drug-likeness (QED) is 0.722. The summed E-state index contributed by atoms with van der Waals surface area (Å²) in [4.78, 5) is 25.0. The Balaban J connectivity index is 2.18. The molecule has 0 aliphatic carbocycles. The van der Waals surface area contributed by atoms with Gasteiger partial charge in [-0.05, 0) is 18.2 Å². The molecule has 2 rings (SSSR count). The van der Waals surface area contributed by atoms with Gasteiger partial charge in [-0.3, -0.25) is 4.90 Å². The maximum Gasteiger partial charge on any atom is 0.324 e. The summed E-state index contributed by atoms with van der Waals surface area (Å²) in [6, 6.07) is 5.61. The van der Waals surface area contributed by atoms with Crippen LogP contribution in [0.5, 0.6) is 0 Å². The monoisotopic (exact) mass is 222 g/mol. The standard InChI is InChI=1S/C11H11FN2O2/c12-9-2-1-3-10(8-9)14-5-4-13(6-7-15)11(14)16/h1-3,7-8H,4-6H2. The zero-order chi connectivity index (χ0) is 11.5. The van der Waals surface area contributed by atoms with E-state index in [1.807, 2.05) is 0 Å². The van der Waals surface area contributed by atoms with Gasteiger partial charge in [0, 0.05) is 18.8 Å². The van der Waals surface area contributed by atoms with E-state index in [1.165, 1.54) is 21.9 Å². The minimum Gasteiger partial charge on any atom is -0.316 e. The predicted octanol–water partition coefficient (Wildman–Crippen LogP) is 1.27. The molecule has 1 saturated heterocycles. The molecule has 0 aromatic heterocycles. The fourth-order valence-corrected chi connectivity index (χ4v) is 1.73. The summed E-state index contributed by atoms with van der Waals surface area (Å²) in [5.74, 6) is -0.376. The first-order valence-electron chi connectivity index (χ1n) is 4.98. The molecule has 84 valence electrons. The van der Waals surface area contributed by atoms with Crippen molar-refractivity contribution in [1.82, 2.24) is 4.90 Å². The van der Waals surface area contributed by atoms with Gasteiger partial charge in [0.25, 0.3) is 0 Å². The van der Waals surface area contributed by atoms with Crippen LogP contribution in [0.3, 0.4) is 0 Å². The Kier molecular flexibility index (Phi) is 2.85. The Morgan fingerprint density at radius 3 is 2.88 bits per heavy atom. The van der Waals surface area contributed by atoms with Gasteiger partial charge in [0.2, 0.25) is 0 Å². The molecule has 0 N–H and O–H groups in total. The average molecular weight is 222 g/mol. The number of halogens is 1. The Morgan fingerprint density at radius 2 is 2.19 bits per heavy atom. The van der Waals surface area contributed by atoms with Crippen molar-refractivity contribution in [2.45, 2.75) is 0 Å². The van der Waals surface area contributed by atoms with Crippen LogP contribution in [0.2, 0.25) is 0 Å². The molecule has 1 aliphatic rings. The van der Waals surface area contributed by atoms with E-state index in [2.05, 4.69) is 0 Å². The first-order valence-corrected chi connectivity index (χ1v) is 4.98. The van der Waals surface area contributed by atoms with Crippen molar-refractivity contribution in [3.63, 3.8) is 0 Å². The van der Waals surface area contributed by atoms with Crippen molar-refractivity contribution < 1.29 is 14.0 Å². The predicted molar refractivity (Wildman–Crippen MR) is 56.8 cm³/mol. The number of benzene rings is 1. The molecule has 1 aromatic carbocycles. The largest absolute Gasteiger partial charge is 0.324 e. The number of anilines is 1. The van der Waals surface area contributed by atoms with Gasteiger partial charge in [0.15, 0.2) is 0 Å². The van der Waals surface area contributed by atoms with Crippen molar-refractivity contribution in [3.8, 4) is 0 Å². The summed E-state index contributed by atoms with van der Waals surface area (Å²) in [5, 5.41) is 0. The highest BCUT2D eigenvalue weighted by molar-refractivity contribution is 5.95. The molecule has 4 nitrogen and oxygen atoms in total. The van der Waals surface area contributed by atoms with Gasteiger partial charge < -0.3 is 9.69 Å². The molecular weight excluding hydrogens is 211 g/mol. The molecule has 16 heavy (non-hydrogen) atoms. The summed E-state index contributed by atoms with van der Waals surface area (Å²) in [6.07, 6.45) is 0.687. The molecule has 1 aromatic rings. The highest BCUT2D eigenvalue weighted by Gasteiger charge is 2.28. The molecule has 1 heterocycles. The molecular formula is C11H11FN2O2. The van der Waals surface area contributed by atoms with Crippen LogP contribution in [0.15, 0.2) is 24.3 Å². The van der Waals surface area contributed by atoms with Crippen molar-refractivity contribution in [2.24, 2.45) is 0 Å². The van der Waals surface area contributed by atoms with E-state index in [-0.39, 0.29) is 18.4 Å². The van der Waals surface area contributed by atoms with Crippen LogP contribution in [0, 0.1) is 5.82 Å². The molecule has 0 atom stereocenters. The van der Waals surface area contributed by atoms with E-state index in [9.17, 15) is 14.0 Å². The van der Waals surface area contributed by atoms with Gasteiger partial charge in [-0.15, -0.1) is 0 Å². The topological polar surface area (TPSA) is 40.6 Å². The van der Waals surface area contributed by atoms with Gasteiger partial charge in [0.05, 0.1) is 6.54 Å². The minimum absolute atomic E-state index is 0.0879. The van der Waals surface area contributed by atoms with E-state index in [0.717, 1.165) is 0 Å². The molecule has 0 radical (unpaired) electrons. The summed E-state index contributed by atoms with van der Waals surface area (Å²) < 4.78 is 13.0. The lowest BCUT2D eigenvalue weighted by molar-refractivity contribution is -0.108. The molecule has 5 heteroatoms. The number of amides is 2. The van der Waals surface area contributed by atoms with E-state index in [0.29, 0.717) is 25.1 Å². The Hall–Kier alpha value is -1.91. The van der Waals surface area contributed by atoms with Crippen LogP contribution < -0.4 is 4.90 Å². The number of rotatable bonds is 3. The second-order valence-electron chi connectivity index (χ2n) is 3.53. The van der Waals surface area contributed by atoms with Crippen LogP contribution in [0.1, 0.15) is 0 Å². The second-order valence-corrected chi connectivity index (χ2v) is 3.53. The van der Waals surface area contributed by atoms with Gasteiger partial charge >= 0.3 is 6.03 Å². The van der Waals surface area contributed by atoms with Gasteiger partial charge in [-0.1, -0.05) is 6.07 Å². The molecule has 0 saturated carbocycles. The number of hydrogen-bond donors (Lipinski definition) is 0. The van der Waals surface area contributed by atoms with E-state index >= 15 is 0 Å². The van der Waals surface area contributed by atoms with Crippen molar-refractivity contribution >= 4 is 18.0 Å². The molecule has 0 spiro atoms. The third kappa shape index (κ3) is 1.88. The zero-order valence-corrected chi connectivity index (χ0v) is 8.60. The summed E-state index contributed by atoms with van der Waals surface area (Å²) in [5.41, 5.74) is 0.526. The first kappa shape index (κ1) is 10.6. The van der Waals surface area contributed by atoms with E-state index in [4.69, 9.17) is 0 Å². The Bertz CT molecular complexity index is 422. The average Bonchev–Trinajstić information content (AvgIpc) is 2.61. The Morgan fingerprint density at radius 1 is 1.38 bits per heavy atom. The van der Waals surface area contributed by atoms with Gasteiger partial charge in [-0.2, -0.15) is 0 Å². The maximum atomic E-state index is 13.0. The lowest BCUT2D eigenvalue weighted by Crippen LogP contribution is -2.32. The van der Waals surface area contributed by atoms with Crippen LogP contribution in [0.4, 0.5) is 14.9 Å². The van der Waals surface area contributed by atoms with Gasteiger partial charge in [-0.25, -0.2) is 9.18 Å². The second kappa shape index (κ2) is 4.30. The number of urea groups is 1. The highest BCUT2D eigenvalue weighted by atomic mass is 19.1. The number of nitrogens with zero attached hydrogens (tertiary/aromatic N) is 2. The van der Waals surface area contributed by atoms with Crippen LogP contribution in [-0.2, 0) is 4.79 Å². The minimum atomic E-state index is -0.376. The summed E-state index contributed by atoms with van der Waals surface area (Å²) >= 11 is 0. The Labute approximate surface area is 92.3 Å². The molecule has 1 fully saturated rings. The summed E-state index contributed by atoms with van der Waals surface area (Å²) in [6.45, 7) is 1.06. The lowest BCUT2D eigenvalue weighted by Gasteiger charge is -2.16. The molecule has 0 bridgehead atoms. The van der Waals surface area contributed by atoms with Gasteiger partial charge in [0.1, 0.15) is 12.1 Å². The van der Waals surface area contributed by atoms with E-state index < -0.39 is 0 Å².